The van der Waals surface area contributed by atoms with Crippen molar-refractivity contribution in [1.82, 2.24) is 4.67 Å². The van der Waals surface area contributed by atoms with Crippen molar-refractivity contribution in [1.29, 1.82) is 0 Å². The fourth-order valence-corrected chi connectivity index (χ4v) is 2.78. The van der Waals surface area contributed by atoms with E-state index in [1.54, 1.807) is 34.6 Å². The van der Waals surface area contributed by atoms with E-state index in [1.165, 1.54) is 6.08 Å². The van der Waals surface area contributed by atoms with Gasteiger partial charge in [0, 0.05) is 0 Å². The molecule has 0 rings (SSSR count). The molecule has 6 nitrogen and oxygen atoms in total. The summed E-state index contributed by atoms with van der Waals surface area (Å²) in [6.45, 7) is 12.4. The summed E-state index contributed by atoms with van der Waals surface area (Å²) >= 11 is 0. The van der Waals surface area contributed by atoms with Crippen LogP contribution in [0.3, 0.4) is 0 Å². The van der Waals surface area contributed by atoms with Gasteiger partial charge in [-0.15, -0.1) is 6.58 Å². The molecule has 0 saturated carbocycles. The van der Waals surface area contributed by atoms with Crippen LogP contribution < -0.4 is 0 Å². The number of nitrogens with zero attached hydrogens (tertiary/aromatic N) is 1. The Bertz CT molecular complexity index is 341. The lowest BCUT2D eigenvalue weighted by Gasteiger charge is -2.30. The molecule has 0 heterocycles. The van der Waals surface area contributed by atoms with Crippen LogP contribution in [0.15, 0.2) is 12.7 Å². The molecular weight excluding hydrogens is 269 g/mol. The minimum absolute atomic E-state index is 0.0200. The Kier molecular flexibility index (Phi) is 7.34. The molecule has 0 fully saturated rings. The second-order valence-corrected chi connectivity index (χ2v) is 6.59. The van der Waals surface area contributed by atoms with Gasteiger partial charge in [0.2, 0.25) is 0 Å². The molecule has 0 aliphatic carbocycles. The summed E-state index contributed by atoms with van der Waals surface area (Å²) in [5, 5.41) is 0. The predicted molar refractivity (Wildman–Crippen MR) is 74.0 cm³/mol. The fraction of sp³-hybridized carbons (Fsp3) is 0.750. The van der Waals surface area contributed by atoms with Crippen molar-refractivity contribution < 1.29 is 23.1 Å². The first-order valence-electron chi connectivity index (χ1n) is 6.21. The maximum Gasteiger partial charge on any atom is 0.440 e. The molecule has 1 amide bonds. The van der Waals surface area contributed by atoms with Gasteiger partial charge in [0.05, 0.1) is 19.8 Å². The highest BCUT2D eigenvalue weighted by Gasteiger charge is 2.38. The Morgan fingerprint density at radius 2 is 1.74 bits per heavy atom. The molecule has 0 aromatic rings. The number of hydrogen-bond acceptors (Lipinski definition) is 5. The Hall–Kier alpha value is -0.840. The van der Waals surface area contributed by atoms with Crippen LogP contribution in [-0.2, 0) is 18.3 Å². The lowest BCUT2D eigenvalue weighted by Crippen LogP contribution is -2.36. The quantitative estimate of drug-likeness (QED) is 0.530. The van der Waals surface area contributed by atoms with Gasteiger partial charge in [-0.2, -0.15) is 0 Å². The largest absolute Gasteiger partial charge is 0.443 e. The van der Waals surface area contributed by atoms with Crippen LogP contribution in [0.5, 0.6) is 0 Å². The topological polar surface area (TPSA) is 65.1 Å². The molecule has 0 aliphatic rings. The highest BCUT2D eigenvalue weighted by atomic mass is 31.2. The van der Waals surface area contributed by atoms with E-state index in [9.17, 15) is 9.36 Å². The van der Waals surface area contributed by atoms with Crippen LogP contribution in [0.4, 0.5) is 4.79 Å². The van der Waals surface area contributed by atoms with Crippen molar-refractivity contribution in [3.63, 3.8) is 0 Å². The first-order chi connectivity index (χ1) is 8.70. The number of amides is 1. The molecule has 7 heteroatoms. The molecule has 0 atom stereocenters. The van der Waals surface area contributed by atoms with Crippen LogP contribution in [0.1, 0.15) is 34.6 Å². The molecule has 0 N–H and O–H groups in total. The van der Waals surface area contributed by atoms with Gasteiger partial charge in [-0.3, -0.25) is 9.05 Å². The van der Waals surface area contributed by atoms with Crippen molar-refractivity contribution in [2.75, 3.05) is 19.8 Å². The number of rotatable bonds is 7. The normalized spacial score (nSPS) is 12.1. The van der Waals surface area contributed by atoms with Gasteiger partial charge in [0.25, 0.3) is 0 Å². The van der Waals surface area contributed by atoms with Crippen molar-refractivity contribution in [2.45, 2.75) is 40.2 Å². The van der Waals surface area contributed by atoms with E-state index < -0.39 is 19.4 Å². The molecule has 19 heavy (non-hydrogen) atoms. The first-order valence-corrected chi connectivity index (χ1v) is 7.70. The van der Waals surface area contributed by atoms with Crippen molar-refractivity contribution in [3.05, 3.63) is 12.7 Å². The van der Waals surface area contributed by atoms with Gasteiger partial charge < -0.3 is 4.74 Å². The van der Waals surface area contributed by atoms with Gasteiger partial charge in [-0.05, 0) is 34.6 Å². The Balaban J connectivity index is 5.19. The maximum atomic E-state index is 12.6. The number of carbonyl (C=O) groups excluding carboxylic acids is 1. The Labute approximate surface area is 115 Å². The Morgan fingerprint density at radius 3 is 2.05 bits per heavy atom. The van der Waals surface area contributed by atoms with E-state index in [0.717, 1.165) is 4.67 Å². The zero-order valence-corrected chi connectivity index (χ0v) is 13.2. The molecule has 112 valence electrons. The van der Waals surface area contributed by atoms with Crippen molar-refractivity contribution in [3.8, 4) is 0 Å². The highest BCUT2D eigenvalue weighted by molar-refractivity contribution is 7.52. The zero-order valence-electron chi connectivity index (χ0n) is 12.3. The van der Waals surface area contributed by atoms with Crippen LogP contribution in [0, 0.1) is 0 Å². The maximum absolute atomic E-state index is 12.6. The Morgan fingerprint density at radius 1 is 1.26 bits per heavy atom. The smallest absolute Gasteiger partial charge is 0.440 e. The molecule has 0 radical (unpaired) electrons. The van der Waals surface area contributed by atoms with Gasteiger partial charge >= 0.3 is 13.8 Å². The zero-order chi connectivity index (χ0) is 15.1. The second kappa shape index (κ2) is 7.68. The predicted octanol–water partition coefficient (Wildman–Crippen LogP) is 3.59. The van der Waals surface area contributed by atoms with E-state index in [1.807, 2.05) is 0 Å². The third-order valence-electron chi connectivity index (χ3n) is 1.79. The molecule has 0 aromatic heterocycles. The molecular formula is C12H24NO5P. The van der Waals surface area contributed by atoms with E-state index in [4.69, 9.17) is 13.8 Å². The summed E-state index contributed by atoms with van der Waals surface area (Å²) in [6.07, 6.45) is 0.687. The summed E-state index contributed by atoms with van der Waals surface area (Å²) < 4.78 is 29.0. The lowest BCUT2D eigenvalue weighted by atomic mass is 10.2. The van der Waals surface area contributed by atoms with Gasteiger partial charge in [0.1, 0.15) is 5.60 Å². The minimum Gasteiger partial charge on any atom is -0.443 e. The lowest BCUT2D eigenvalue weighted by molar-refractivity contribution is 0.0336. The van der Waals surface area contributed by atoms with Gasteiger partial charge in [-0.1, -0.05) is 6.08 Å². The van der Waals surface area contributed by atoms with Crippen LogP contribution >= 0.6 is 7.75 Å². The molecule has 0 unspecified atom stereocenters. The minimum atomic E-state index is -3.70. The van der Waals surface area contributed by atoms with Crippen LogP contribution in [0.2, 0.25) is 0 Å². The summed E-state index contributed by atoms with van der Waals surface area (Å²) in [5.74, 6) is 0. The summed E-state index contributed by atoms with van der Waals surface area (Å²) in [7, 11) is -3.70. The summed E-state index contributed by atoms with van der Waals surface area (Å²) in [5.41, 5.74) is -0.695. The van der Waals surface area contributed by atoms with Gasteiger partial charge in [-0.25, -0.2) is 14.0 Å². The summed E-state index contributed by atoms with van der Waals surface area (Å²) in [4.78, 5) is 12.1. The molecule has 0 aliphatic heterocycles. The third-order valence-corrected chi connectivity index (χ3v) is 3.87. The molecule has 0 spiro atoms. The third kappa shape index (κ3) is 6.23. The second-order valence-electron chi connectivity index (χ2n) is 4.66. The average molecular weight is 293 g/mol. The van der Waals surface area contributed by atoms with Crippen molar-refractivity contribution >= 4 is 13.8 Å². The number of carbonyl (C=O) groups is 1. The summed E-state index contributed by atoms with van der Waals surface area (Å²) in [6, 6.07) is 0. The number of ether oxygens (including phenoxy) is 1. The standard InChI is InChI=1S/C12H24NO5P/c1-7-10-13(11(14)18-12(4,5)6)19(15,16-8-2)17-9-3/h7H,1,8-10H2,2-6H3. The number of hydrogen-bond donors (Lipinski definition) is 0. The van der Waals surface area contributed by atoms with E-state index in [-0.39, 0.29) is 19.8 Å². The molecule has 0 saturated heterocycles. The van der Waals surface area contributed by atoms with E-state index in [2.05, 4.69) is 6.58 Å². The van der Waals surface area contributed by atoms with Crippen molar-refractivity contribution in [2.24, 2.45) is 0 Å². The van der Waals surface area contributed by atoms with E-state index >= 15 is 0 Å². The van der Waals surface area contributed by atoms with Crippen LogP contribution in [0.25, 0.3) is 0 Å². The highest BCUT2D eigenvalue weighted by Crippen LogP contribution is 2.52. The fourth-order valence-electron chi connectivity index (χ4n) is 1.21. The average Bonchev–Trinajstić information content (AvgIpc) is 2.23. The molecule has 0 aromatic carbocycles. The first kappa shape index (κ1) is 18.2. The molecule has 0 bridgehead atoms. The van der Waals surface area contributed by atoms with Gasteiger partial charge in [0.15, 0.2) is 0 Å². The van der Waals surface area contributed by atoms with E-state index in [0.29, 0.717) is 0 Å². The monoisotopic (exact) mass is 293 g/mol. The van der Waals surface area contributed by atoms with Crippen LogP contribution in [-0.4, -0.2) is 36.1 Å². The SMILES string of the molecule is C=CCN(C(=O)OC(C)(C)C)P(=O)(OCC)OCC.